The first kappa shape index (κ1) is 39.2. The molecule has 3 aromatic heterocycles. The Kier molecular flexibility index (Phi) is 13.2. The van der Waals surface area contributed by atoms with Gasteiger partial charge in [0.15, 0.2) is 0 Å². The van der Waals surface area contributed by atoms with E-state index in [0.29, 0.717) is 0 Å². The SMILES string of the molecule is O=C(O)C(F)(F)F.O=C(O)C(F)(F)F.O=C(O)C(F)(F)F.c1ccc(CN2CC3(CCN(Cc4cccnc4)C3)c3ncccc32)nc1. The zero-order chi connectivity index (χ0) is 36.3. The van der Waals surface area contributed by atoms with Gasteiger partial charge in [-0.15, -0.1) is 0 Å². The largest absolute Gasteiger partial charge is 0.490 e. The number of rotatable bonds is 4. The number of hydrogen-bond donors (Lipinski definition) is 3. The lowest BCUT2D eigenvalue weighted by molar-refractivity contribution is -0.193. The van der Waals surface area contributed by atoms with E-state index in [1.54, 1.807) is 0 Å². The van der Waals surface area contributed by atoms with Crippen LogP contribution in [0, 0.1) is 0 Å². The maximum absolute atomic E-state index is 10.6. The Morgan fingerprint density at radius 2 is 1.25 bits per heavy atom. The van der Waals surface area contributed by atoms with Gasteiger partial charge in [-0.25, -0.2) is 14.4 Å². The third-order valence-corrected chi connectivity index (χ3v) is 6.49. The number of likely N-dealkylation sites (tertiary alicyclic amines) is 1. The molecular formula is C28H26F9N5O6. The number of pyridine rings is 3. The number of hydrogen-bond acceptors (Lipinski definition) is 8. The van der Waals surface area contributed by atoms with Crippen LogP contribution in [-0.4, -0.2) is 91.2 Å². The summed E-state index contributed by atoms with van der Waals surface area (Å²) in [6.45, 7) is 4.95. The van der Waals surface area contributed by atoms with Gasteiger partial charge >= 0.3 is 36.4 Å². The van der Waals surface area contributed by atoms with Crippen molar-refractivity contribution in [1.29, 1.82) is 0 Å². The van der Waals surface area contributed by atoms with Crippen LogP contribution in [0.1, 0.15) is 23.4 Å². The maximum Gasteiger partial charge on any atom is 0.490 e. The minimum absolute atomic E-state index is 0.119. The molecule has 0 radical (unpaired) electrons. The number of nitrogens with zero attached hydrogens (tertiary/aromatic N) is 5. The molecule has 48 heavy (non-hydrogen) atoms. The van der Waals surface area contributed by atoms with Crippen molar-refractivity contribution in [3.8, 4) is 0 Å². The minimum Gasteiger partial charge on any atom is -0.475 e. The maximum atomic E-state index is 10.6. The number of carbonyl (C=O) groups is 3. The number of fused-ring (bicyclic) bond motifs is 2. The van der Waals surface area contributed by atoms with E-state index in [2.05, 4.69) is 44.0 Å². The zero-order valence-corrected chi connectivity index (χ0v) is 24.3. The fourth-order valence-corrected chi connectivity index (χ4v) is 4.58. The molecule has 1 unspecified atom stereocenters. The van der Waals surface area contributed by atoms with Crippen LogP contribution in [0.3, 0.4) is 0 Å². The minimum atomic E-state index is -5.08. The van der Waals surface area contributed by atoms with Gasteiger partial charge in [0.25, 0.3) is 0 Å². The molecule has 2 aliphatic rings. The van der Waals surface area contributed by atoms with E-state index in [1.807, 2.05) is 43.0 Å². The fraction of sp³-hybridized carbons (Fsp3) is 0.357. The lowest BCUT2D eigenvalue weighted by Gasteiger charge is -2.25. The number of aromatic nitrogens is 3. The van der Waals surface area contributed by atoms with Crippen LogP contribution in [0.25, 0.3) is 0 Å². The fourth-order valence-electron chi connectivity index (χ4n) is 4.58. The lowest BCUT2D eigenvalue weighted by Crippen LogP contribution is -2.36. The Balaban J connectivity index is 0.000000313. The number of aliphatic carboxylic acids is 3. The van der Waals surface area contributed by atoms with E-state index in [0.717, 1.165) is 44.8 Å². The zero-order valence-electron chi connectivity index (χ0n) is 24.3. The van der Waals surface area contributed by atoms with Gasteiger partial charge in [-0.3, -0.25) is 19.9 Å². The van der Waals surface area contributed by atoms with Crippen LogP contribution in [0.4, 0.5) is 45.2 Å². The predicted octanol–water partition coefficient (Wildman–Crippen LogP) is 4.94. The van der Waals surface area contributed by atoms with Crippen LogP contribution in [0.15, 0.2) is 67.3 Å². The molecule has 1 atom stereocenters. The van der Waals surface area contributed by atoms with Crippen molar-refractivity contribution in [2.45, 2.75) is 43.5 Å². The molecule has 3 N–H and O–H groups in total. The Morgan fingerprint density at radius 3 is 1.73 bits per heavy atom. The van der Waals surface area contributed by atoms with Crippen molar-refractivity contribution in [3.05, 3.63) is 84.2 Å². The molecule has 2 aliphatic heterocycles. The van der Waals surface area contributed by atoms with Crippen LogP contribution in [-0.2, 0) is 32.9 Å². The smallest absolute Gasteiger partial charge is 0.475 e. The Bertz CT molecular complexity index is 1450. The Labute approximate surface area is 265 Å². The second-order valence-electron chi connectivity index (χ2n) is 10.1. The standard InChI is InChI=1S/C22H23N5.3C2HF3O2/c1-2-10-24-19(6-1)15-27-17-22(21-20(27)7-4-11-25-21)8-12-26(16-22)14-18-5-3-9-23-13-18;3*3-2(4,5)1(6)7/h1-7,9-11,13H,8,12,14-17H2;3*(H,6,7). The second-order valence-corrected chi connectivity index (χ2v) is 10.1. The summed E-state index contributed by atoms with van der Waals surface area (Å²) in [4.78, 5) is 45.3. The van der Waals surface area contributed by atoms with Crippen molar-refractivity contribution in [2.75, 3.05) is 24.5 Å². The first-order chi connectivity index (χ1) is 22.2. The first-order valence-corrected chi connectivity index (χ1v) is 13.3. The van der Waals surface area contributed by atoms with Gasteiger partial charge in [0.1, 0.15) is 0 Å². The van der Waals surface area contributed by atoms with Gasteiger partial charge in [-0.1, -0.05) is 12.1 Å². The summed E-state index contributed by atoms with van der Waals surface area (Å²) in [6, 6.07) is 14.6. The molecule has 5 rings (SSSR count). The normalized spacial score (nSPS) is 17.1. The van der Waals surface area contributed by atoms with Gasteiger partial charge in [-0.05, 0) is 48.9 Å². The lowest BCUT2D eigenvalue weighted by atomic mass is 9.85. The highest BCUT2D eigenvalue weighted by atomic mass is 19.4. The number of carboxylic acid groups (broad SMARTS) is 3. The number of halogens is 9. The average molecular weight is 700 g/mol. The van der Waals surface area contributed by atoms with Crippen LogP contribution < -0.4 is 4.90 Å². The van der Waals surface area contributed by atoms with E-state index >= 15 is 0 Å². The molecule has 0 aliphatic carbocycles. The monoisotopic (exact) mass is 699 g/mol. The summed E-state index contributed by atoms with van der Waals surface area (Å²) >= 11 is 0. The average Bonchev–Trinajstić information content (AvgIpc) is 3.53. The number of alkyl halides is 9. The molecule has 0 amide bonds. The molecule has 262 valence electrons. The summed E-state index contributed by atoms with van der Waals surface area (Å²) in [5.41, 5.74) is 5.03. The van der Waals surface area contributed by atoms with E-state index in [4.69, 9.17) is 34.7 Å². The molecule has 20 heteroatoms. The topological polar surface area (TPSA) is 157 Å². The van der Waals surface area contributed by atoms with Gasteiger partial charge in [0.05, 0.1) is 23.6 Å². The summed E-state index contributed by atoms with van der Waals surface area (Å²) in [5, 5.41) is 21.4. The molecule has 0 aromatic carbocycles. The number of anilines is 1. The summed E-state index contributed by atoms with van der Waals surface area (Å²) in [6.07, 6.45) is -6.48. The highest BCUT2D eigenvalue weighted by Gasteiger charge is 2.48. The summed E-state index contributed by atoms with van der Waals surface area (Å²) in [5.74, 6) is -8.27. The van der Waals surface area contributed by atoms with Crippen molar-refractivity contribution in [2.24, 2.45) is 0 Å². The van der Waals surface area contributed by atoms with Gasteiger partial charge in [-0.2, -0.15) is 39.5 Å². The molecule has 11 nitrogen and oxygen atoms in total. The third-order valence-electron chi connectivity index (χ3n) is 6.49. The van der Waals surface area contributed by atoms with Crippen molar-refractivity contribution < 1.29 is 69.2 Å². The predicted molar refractivity (Wildman–Crippen MR) is 146 cm³/mol. The summed E-state index contributed by atoms with van der Waals surface area (Å²) < 4.78 is 95.2. The first-order valence-electron chi connectivity index (χ1n) is 13.3. The van der Waals surface area contributed by atoms with Crippen molar-refractivity contribution in [3.63, 3.8) is 0 Å². The molecule has 3 aromatic rings. The number of carboxylic acids is 3. The Hall–Kier alpha value is -5.01. The highest BCUT2D eigenvalue weighted by molar-refractivity contribution is 5.73. The van der Waals surface area contributed by atoms with Gasteiger partial charge in [0.2, 0.25) is 0 Å². The van der Waals surface area contributed by atoms with E-state index in [9.17, 15) is 39.5 Å². The molecular weight excluding hydrogens is 673 g/mol. The molecule has 0 bridgehead atoms. The van der Waals surface area contributed by atoms with Gasteiger partial charge in [0, 0.05) is 49.8 Å². The molecule has 1 saturated heterocycles. The molecule has 0 saturated carbocycles. The van der Waals surface area contributed by atoms with E-state index in [1.165, 1.54) is 16.9 Å². The third kappa shape index (κ3) is 12.0. The molecule has 1 spiro atoms. The van der Waals surface area contributed by atoms with E-state index < -0.39 is 36.4 Å². The van der Waals surface area contributed by atoms with Crippen LogP contribution >= 0.6 is 0 Å². The summed E-state index contributed by atoms with van der Waals surface area (Å²) in [7, 11) is 0. The highest BCUT2D eigenvalue weighted by Crippen LogP contribution is 2.45. The van der Waals surface area contributed by atoms with Gasteiger partial charge < -0.3 is 20.2 Å². The quantitative estimate of drug-likeness (QED) is 0.317. The van der Waals surface area contributed by atoms with E-state index in [-0.39, 0.29) is 5.41 Å². The van der Waals surface area contributed by atoms with Crippen molar-refractivity contribution >= 4 is 23.6 Å². The molecule has 5 heterocycles. The van der Waals surface area contributed by atoms with Crippen LogP contribution in [0.5, 0.6) is 0 Å². The Morgan fingerprint density at radius 1 is 0.708 bits per heavy atom. The van der Waals surface area contributed by atoms with Crippen LogP contribution in [0.2, 0.25) is 0 Å². The second kappa shape index (κ2) is 16.2. The van der Waals surface area contributed by atoms with Crippen molar-refractivity contribution in [1.82, 2.24) is 19.9 Å². The molecule has 1 fully saturated rings.